The molecule has 0 aliphatic carbocycles. The van der Waals surface area contributed by atoms with Gasteiger partial charge >= 0.3 is 50.5 Å². The number of hydrogen-bond donors (Lipinski definition) is 2. The third kappa shape index (κ3) is 16.3. The molecule has 1 heterocycles. The van der Waals surface area contributed by atoms with Crippen LogP contribution in [0.15, 0.2) is 91.0 Å². The van der Waals surface area contributed by atoms with Gasteiger partial charge in [0.05, 0.1) is 32.2 Å². The van der Waals surface area contributed by atoms with Gasteiger partial charge in [-0.3, -0.25) is 33.3 Å². The van der Waals surface area contributed by atoms with Crippen molar-refractivity contribution < 1.29 is 88.7 Å². The van der Waals surface area contributed by atoms with Gasteiger partial charge in [0.2, 0.25) is 5.91 Å². The van der Waals surface area contributed by atoms with E-state index in [-0.39, 0.29) is 13.2 Å². The van der Waals surface area contributed by atoms with Crippen molar-refractivity contribution in [1.82, 2.24) is 10.6 Å². The first-order chi connectivity index (χ1) is 30.3. The Kier molecular flexibility index (Phi) is 19.1. The number of ether oxygens (including phenoxy) is 6. The van der Waals surface area contributed by atoms with Gasteiger partial charge in [0.1, 0.15) is 25.4 Å². The molecule has 18 nitrogen and oxygen atoms in total. The van der Waals surface area contributed by atoms with Crippen LogP contribution in [0.4, 0.5) is 13.2 Å². The number of amides is 2. The molecule has 3 aromatic carbocycles. The van der Waals surface area contributed by atoms with E-state index in [1.165, 1.54) is 5.32 Å². The molecule has 1 saturated heterocycles. The van der Waals surface area contributed by atoms with Crippen molar-refractivity contribution in [3.63, 3.8) is 0 Å². The van der Waals surface area contributed by atoms with Crippen LogP contribution in [0.5, 0.6) is 0 Å². The fraction of sp³-hybridized carbons (Fsp3) is 0.405. The van der Waals surface area contributed by atoms with Crippen molar-refractivity contribution in [2.45, 2.75) is 96.4 Å². The molecule has 1 fully saturated rings. The number of benzene rings is 3. The number of esters is 5. The van der Waals surface area contributed by atoms with Crippen LogP contribution in [0.25, 0.3) is 0 Å². The minimum Gasteiger partial charge on any atom is -0.462 e. The molecule has 0 aromatic heterocycles. The summed E-state index contributed by atoms with van der Waals surface area (Å²) in [6, 6.07) is 23.8. The van der Waals surface area contributed by atoms with E-state index >= 15 is 0 Å². The summed E-state index contributed by atoms with van der Waals surface area (Å²) < 4.78 is 91.9. The molecule has 3 aromatic rings. The van der Waals surface area contributed by atoms with Gasteiger partial charge in [0.25, 0.3) is 5.79 Å². The number of rotatable bonds is 21. The van der Waals surface area contributed by atoms with E-state index in [2.05, 4.69) is 5.32 Å². The molecule has 6 atom stereocenters. The zero-order valence-electron chi connectivity index (χ0n) is 34.9. The standard InChI is InChI=1S/C42H46F3N2O16P/c1-26(48)55-25-34(60-28(3)50)37(61-29(4)51)38-36(47-35(52)21-46-39(53)42(43,44)45)33(59-27(2)49)20-41(62-38,40(54)56-22-30-14-8-5-9-15-30)63-64(57-23-31-16-10-6-11-17-31)58-24-32-18-12-7-13-19-32/h5-19,33-34,36-38H,20-25H2,1-4H3,(H,46,53)(H,47,52)/t33?,34-,36-,37-,38?,41-/m1/s1. The van der Waals surface area contributed by atoms with Crippen LogP contribution in [0.3, 0.4) is 0 Å². The van der Waals surface area contributed by atoms with Crippen LogP contribution in [0.1, 0.15) is 50.8 Å². The predicted molar refractivity (Wildman–Crippen MR) is 213 cm³/mol. The van der Waals surface area contributed by atoms with Gasteiger partial charge in [-0.2, -0.15) is 13.2 Å². The monoisotopic (exact) mass is 922 g/mol. The fourth-order valence-corrected chi connectivity index (χ4v) is 7.17. The summed E-state index contributed by atoms with van der Waals surface area (Å²) in [5.41, 5.74) is 1.75. The number of halogens is 3. The van der Waals surface area contributed by atoms with Gasteiger partial charge in [0.15, 0.2) is 12.2 Å². The van der Waals surface area contributed by atoms with Crippen LogP contribution in [-0.4, -0.2) is 97.2 Å². The van der Waals surface area contributed by atoms with Crippen LogP contribution in [0, 0.1) is 0 Å². The van der Waals surface area contributed by atoms with E-state index in [9.17, 15) is 46.7 Å². The van der Waals surface area contributed by atoms with Crippen molar-refractivity contribution in [3.05, 3.63) is 108 Å². The number of nitrogens with one attached hydrogen (secondary N) is 2. The summed E-state index contributed by atoms with van der Waals surface area (Å²) in [7, 11) is -2.74. The van der Waals surface area contributed by atoms with Crippen LogP contribution in [0.2, 0.25) is 0 Å². The molecule has 346 valence electrons. The van der Waals surface area contributed by atoms with Gasteiger partial charge in [-0.05, 0) is 16.7 Å². The summed E-state index contributed by atoms with van der Waals surface area (Å²) in [6.07, 6.45) is -14.0. The minimum atomic E-state index is -5.38. The van der Waals surface area contributed by atoms with E-state index < -0.39 is 119 Å². The number of hydrogen-bond acceptors (Lipinski definition) is 16. The Bertz CT molecular complexity index is 2010. The maximum absolute atomic E-state index is 14.7. The number of carbonyl (C=O) groups is 7. The van der Waals surface area contributed by atoms with Crippen molar-refractivity contribution >= 4 is 50.3 Å². The first kappa shape index (κ1) is 50.7. The Morgan fingerprint density at radius 2 is 1.23 bits per heavy atom. The van der Waals surface area contributed by atoms with Crippen molar-refractivity contribution in [2.75, 3.05) is 13.2 Å². The molecular weight excluding hydrogens is 876 g/mol. The summed E-state index contributed by atoms with van der Waals surface area (Å²) >= 11 is 0. The molecule has 2 unspecified atom stereocenters. The minimum absolute atomic E-state index is 0.164. The summed E-state index contributed by atoms with van der Waals surface area (Å²) in [5.74, 6) is -12.0. The maximum Gasteiger partial charge on any atom is 0.471 e. The lowest BCUT2D eigenvalue weighted by molar-refractivity contribution is -0.293. The molecule has 2 amide bonds. The molecule has 0 radical (unpaired) electrons. The highest BCUT2D eigenvalue weighted by Gasteiger charge is 2.61. The highest BCUT2D eigenvalue weighted by atomic mass is 31.2. The van der Waals surface area contributed by atoms with E-state index in [4.69, 9.17) is 42.0 Å². The zero-order valence-corrected chi connectivity index (χ0v) is 35.8. The summed E-state index contributed by atoms with van der Waals surface area (Å²) in [5, 5.41) is 3.72. The second-order valence-corrected chi connectivity index (χ2v) is 15.0. The average Bonchev–Trinajstić information content (AvgIpc) is 3.24. The van der Waals surface area contributed by atoms with Crippen molar-refractivity contribution in [2.24, 2.45) is 0 Å². The van der Waals surface area contributed by atoms with Gasteiger partial charge in [0, 0.05) is 27.7 Å². The first-order valence-corrected chi connectivity index (χ1v) is 20.5. The zero-order chi connectivity index (χ0) is 46.9. The lowest BCUT2D eigenvalue weighted by atomic mass is 9.88. The van der Waals surface area contributed by atoms with Crippen LogP contribution >= 0.6 is 8.60 Å². The fourth-order valence-electron chi connectivity index (χ4n) is 6.05. The molecule has 0 spiro atoms. The van der Waals surface area contributed by atoms with Crippen LogP contribution in [-0.2, 0) is 95.4 Å². The topological polar surface area (TPSA) is 227 Å². The molecule has 22 heteroatoms. The maximum atomic E-state index is 14.7. The molecule has 64 heavy (non-hydrogen) atoms. The van der Waals surface area contributed by atoms with Crippen molar-refractivity contribution in [1.29, 1.82) is 0 Å². The van der Waals surface area contributed by atoms with Gasteiger partial charge < -0.3 is 48.1 Å². The lowest BCUT2D eigenvalue weighted by Gasteiger charge is -2.48. The Morgan fingerprint density at radius 1 is 0.719 bits per heavy atom. The molecule has 1 aliphatic heterocycles. The van der Waals surface area contributed by atoms with E-state index in [0.717, 1.165) is 27.7 Å². The third-order valence-corrected chi connectivity index (χ3v) is 9.85. The second kappa shape index (κ2) is 24.2. The van der Waals surface area contributed by atoms with Crippen molar-refractivity contribution in [3.8, 4) is 0 Å². The molecule has 0 bridgehead atoms. The summed E-state index contributed by atoms with van der Waals surface area (Å²) in [4.78, 5) is 90.0. The first-order valence-electron chi connectivity index (χ1n) is 19.4. The molecule has 4 rings (SSSR count). The normalized spacial score (nSPS) is 19.3. The number of carbonyl (C=O) groups excluding carboxylic acids is 7. The van der Waals surface area contributed by atoms with E-state index in [0.29, 0.717) is 16.7 Å². The highest BCUT2D eigenvalue weighted by Crippen LogP contribution is 2.50. The van der Waals surface area contributed by atoms with E-state index in [1.54, 1.807) is 91.0 Å². The Labute approximate surface area is 366 Å². The Balaban J connectivity index is 1.91. The van der Waals surface area contributed by atoms with Gasteiger partial charge in [-0.1, -0.05) is 91.0 Å². The smallest absolute Gasteiger partial charge is 0.462 e. The third-order valence-electron chi connectivity index (χ3n) is 8.73. The van der Waals surface area contributed by atoms with Crippen LogP contribution < -0.4 is 10.6 Å². The molecule has 1 aliphatic rings. The van der Waals surface area contributed by atoms with E-state index in [1.807, 2.05) is 0 Å². The van der Waals surface area contributed by atoms with Gasteiger partial charge in [-0.15, -0.1) is 0 Å². The predicted octanol–water partition coefficient (Wildman–Crippen LogP) is 4.41. The quantitative estimate of drug-likeness (QED) is 0.0857. The largest absolute Gasteiger partial charge is 0.471 e. The Hall–Kier alpha value is -5.99. The SMILES string of the molecule is CC(=O)OC[C@@H](OC(C)=O)[C@@H](OC(C)=O)C1O[C@](OP(OCc2ccccc2)OCc2ccccc2)(C(=O)OCc2ccccc2)CC(OC(C)=O)[C@H]1NC(=O)CNC(=O)C(F)(F)F. The summed E-state index contributed by atoms with van der Waals surface area (Å²) in [6.45, 7) is 0.952. The Morgan fingerprint density at radius 3 is 1.70 bits per heavy atom. The molecule has 0 saturated carbocycles. The molecular formula is C42H46F3N2O16P. The van der Waals surface area contributed by atoms with Gasteiger partial charge in [-0.25, -0.2) is 4.79 Å². The second-order valence-electron chi connectivity index (χ2n) is 13.9. The average molecular weight is 923 g/mol. The number of alkyl halides is 3. The lowest BCUT2D eigenvalue weighted by Crippen LogP contribution is -2.69. The highest BCUT2D eigenvalue weighted by molar-refractivity contribution is 7.41. The molecule has 2 N–H and O–H groups in total.